The minimum Gasteiger partial charge on any atom is -0.454 e. The molecule has 1 aromatic rings. The third kappa shape index (κ3) is 1.98. The lowest BCUT2D eigenvalue weighted by Crippen LogP contribution is -2.42. The molecule has 112 valence electrons. The van der Waals surface area contributed by atoms with Gasteiger partial charge in [-0.25, -0.2) is 0 Å². The third-order valence-corrected chi connectivity index (χ3v) is 5.49. The number of benzene rings is 1. The second-order valence-electron chi connectivity index (χ2n) is 6.69. The van der Waals surface area contributed by atoms with Crippen molar-refractivity contribution >= 4 is 0 Å². The van der Waals surface area contributed by atoms with Crippen LogP contribution in [0, 0.1) is 23.7 Å². The van der Waals surface area contributed by atoms with Gasteiger partial charge in [-0.15, -0.1) is 0 Å². The molecule has 1 aliphatic carbocycles. The molecule has 0 radical (unpaired) electrons. The highest BCUT2D eigenvalue weighted by Gasteiger charge is 2.43. The van der Waals surface area contributed by atoms with Gasteiger partial charge in [0, 0.05) is 5.92 Å². The molecule has 0 spiro atoms. The molecule has 0 saturated carbocycles. The first-order valence-electron chi connectivity index (χ1n) is 7.84. The van der Waals surface area contributed by atoms with Gasteiger partial charge in [-0.3, -0.25) is 0 Å². The van der Waals surface area contributed by atoms with E-state index in [0.717, 1.165) is 18.1 Å². The smallest absolute Gasteiger partial charge is 0.231 e. The van der Waals surface area contributed by atoms with Crippen LogP contribution in [-0.2, 0) is 4.74 Å². The summed E-state index contributed by atoms with van der Waals surface area (Å²) in [5.41, 5.74) is 2.67. The van der Waals surface area contributed by atoms with E-state index in [1.54, 1.807) is 0 Å². The topological polar surface area (TPSA) is 27.7 Å². The predicted octanol–water partition coefficient (Wildman–Crippen LogP) is 3.95. The molecular weight excluding hydrogens is 264 g/mol. The van der Waals surface area contributed by atoms with Crippen molar-refractivity contribution in [2.75, 3.05) is 13.4 Å². The van der Waals surface area contributed by atoms with Crippen molar-refractivity contribution in [3.63, 3.8) is 0 Å². The fraction of sp³-hybridized carbons (Fsp3) is 0.556. The second-order valence-corrected chi connectivity index (χ2v) is 6.69. The maximum absolute atomic E-state index is 6.26. The zero-order chi connectivity index (χ0) is 14.6. The molecule has 3 nitrogen and oxygen atoms in total. The molecule has 0 unspecified atom stereocenters. The quantitative estimate of drug-likeness (QED) is 0.732. The summed E-state index contributed by atoms with van der Waals surface area (Å²) in [5.74, 6) is 4.08. The first-order chi connectivity index (χ1) is 10.1. The third-order valence-electron chi connectivity index (χ3n) is 5.49. The molecule has 0 amide bonds. The van der Waals surface area contributed by atoms with Crippen LogP contribution in [-0.4, -0.2) is 13.4 Å². The molecule has 3 aliphatic rings. The Balaban J connectivity index is 1.71. The molecule has 1 aromatic carbocycles. The van der Waals surface area contributed by atoms with E-state index in [2.05, 4.69) is 39.0 Å². The number of ether oxygens (including phenoxy) is 3. The van der Waals surface area contributed by atoms with E-state index >= 15 is 0 Å². The summed E-state index contributed by atoms with van der Waals surface area (Å²) in [6.07, 6.45) is 2.58. The van der Waals surface area contributed by atoms with Gasteiger partial charge in [0.05, 0.1) is 12.7 Å². The first-order valence-corrected chi connectivity index (χ1v) is 7.84. The Morgan fingerprint density at radius 2 is 1.90 bits per heavy atom. The van der Waals surface area contributed by atoms with Crippen LogP contribution < -0.4 is 9.47 Å². The monoisotopic (exact) mass is 286 g/mol. The molecule has 4 rings (SSSR count). The maximum atomic E-state index is 6.26. The lowest BCUT2D eigenvalue weighted by Gasteiger charge is -2.47. The lowest BCUT2D eigenvalue weighted by molar-refractivity contribution is -0.0934. The van der Waals surface area contributed by atoms with Crippen LogP contribution in [0.25, 0.3) is 0 Å². The highest BCUT2D eigenvalue weighted by molar-refractivity contribution is 5.45. The largest absolute Gasteiger partial charge is 0.454 e. The molecule has 2 bridgehead atoms. The van der Waals surface area contributed by atoms with Crippen molar-refractivity contribution in [3.05, 3.63) is 35.4 Å². The molecule has 1 fully saturated rings. The van der Waals surface area contributed by atoms with Crippen LogP contribution in [0.15, 0.2) is 29.8 Å². The van der Waals surface area contributed by atoms with E-state index in [1.807, 2.05) is 6.07 Å². The first kappa shape index (κ1) is 13.2. The zero-order valence-electron chi connectivity index (χ0n) is 12.8. The number of allylic oxidation sites excluding steroid dienone is 1. The van der Waals surface area contributed by atoms with Crippen LogP contribution in [0.3, 0.4) is 0 Å². The summed E-state index contributed by atoms with van der Waals surface area (Å²) in [6.45, 7) is 8.11. The van der Waals surface area contributed by atoms with E-state index in [-0.39, 0.29) is 6.10 Å². The number of hydrogen-bond donors (Lipinski definition) is 0. The van der Waals surface area contributed by atoms with Crippen molar-refractivity contribution in [2.24, 2.45) is 23.7 Å². The normalized spacial score (nSPS) is 37.3. The minimum atomic E-state index is 0.134. The van der Waals surface area contributed by atoms with Crippen molar-refractivity contribution in [2.45, 2.75) is 26.9 Å². The van der Waals surface area contributed by atoms with Crippen molar-refractivity contribution < 1.29 is 14.2 Å². The average molecular weight is 286 g/mol. The Morgan fingerprint density at radius 3 is 2.76 bits per heavy atom. The maximum Gasteiger partial charge on any atom is 0.231 e. The van der Waals surface area contributed by atoms with Crippen molar-refractivity contribution in [1.29, 1.82) is 0 Å². The van der Waals surface area contributed by atoms with Gasteiger partial charge in [0.15, 0.2) is 11.5 Å². The fourth-order valence-corrected chi connectivity index (χ4v) is 4.34. The summed E-state index contributed by atoms with van der Waals surface area (Å²) in [5, 5.41) is 0. The van der Waals surface area contributed by atoms with E-state index < -0.39 is 0 Å². The molecule has 0 N–H and O–H groups in total. The summed E-state index contributed by atoms with van der Waals surface area (Å²) < 4.78 is 17.2. The van der Waals surface area contributed by atoms with Gasteiger partial charge in [-0.1, -0.05) is 31.6 Å². The van der Waals surface area contributed by atoms with E-state index in [4.69, 9.17) is 14.2 Å². The van der Waals surface area contributed by atoms with E-state index in [9.17, 15) is 0 Å². The highest BCUT2D eigenvalue weighted by Crippen LogP contribution is 2.50. The van der Waals surface area contributed by atoms with Crippen LogP contribution in [0.4, 0.5) is 0 Å². The standard InChI is InChI=1S/C18H22O3/c1-10-6-11(2)17-12(3)14(10)8-19-18(17)13-4-5-15-16(7-13)21-9-20-15/h4-7,10,12,14,17-18H,8-9H2,1-3H3/t10-,12+,14-,17-,18-/m1/s1. The van der Waals surface area contributed by atoms with Gasteiger partial charge < -0.3 is 14.2 Å². The predicted molar refractivity (Wildman–Crippen MR) is 80.3 cm³/mol. The number of rotatable bonds is 1. The second kappa shape index (κ2) is 4.77. The molecule has 0 aromatic heterocycles. The summed E-state index contributed by atoms with van der Waals surface area (Å²) >= 11 is 0. The molecule has 21 heavy (non-hydrogen) atoms. The molecule has 1 saturated heterocycles. The Labute approximate surface area is 125 Å². The Bertz CT molecular complexity index is 592. The van der Waals surface area contributed by atoms with Gasteiger partial charge >= 0.3 is 0 Å². The molecule has 2 aliphatic heterocycles. The van der Waals surface area contributed by atoms with Gasteiger partial charge in [-0.2, -0.15) is 0 Å². The van der Waals surface area contributed by atoms with Crippen LogP contribution >= 0.6 is 0 Å². The Hall–Kier alpha value is -1.48. The summed E-state index contributed by atoms with van der Waals surface area (Å²) in [4.78, 5) is 0. The van der Waals surface area contributed by atoms with Gasteiger partial charge in [-0.05, 0) is 42.4 Å². The van der Waals surface area contributed by atoms with Crippen molar-refractivity contribution in [3.8, 4) is 11.5 Å². The minimum absolute atomic E-state index is 0.134. The summed E-state index contributed by atoms with van der Waals surface area (Å²) in [7, 11) is 0. The number of fused-ring (bicyclic) bond motifs is 3. The van der Waals surface area contributed by atoms with Gasteiger partial charge in [0.2, 0.25) is 6.79 Å². The molecular formula is C18H22O3. The molecule has 3 heteroatoms. The SMILES string of the molecule is CC1=C[C@@H](C)[C@H]2CO[C@H](c3ccc4c(c3)OCO4)[C@H]1[C@H]2C. The van der Waals surface area contributed by atoms with Crippen LogP contribution in [0.5, 0.6) is 11.5 Å². The van der Waals surface area contributed by atoms with Gasteiger partial charge in [0.1, 0.15) is 0 Å². The zero-order valence-corrected chi connectivity index (χ0v) is 12.8. The number of hydrogen-bond acceptors (Lipinski definition) is 3. The Kier molecular flexibility index (Phi) is 3.00. The summed E-state index contributed by atoms with van der Waals surface area (Å²) in [6, 6.07) is 6.21. The average Bonchev–Trinajstić information content (AvgIpc) is 2.91. The van der Waals surface area contributed by atoms with E-state index in [0.29, 0.717) is 30.5 Å². The van der Waals surface area contributed by atoms with Crippen LogP contribution in [0.2, 0.25) is 0 Å². The molecule has 2 heterocycles. The van der Waals surface area contributed by atoms with E-state index in [1.165, 1.54) is 11.1 Å². The fourth-order valence-electron chi connectivity index (χ4n) is 4.34. The lowest BCUT2D eigenvalue weighted by atomic mass is 9.64. The Morgan fingerprint density at radius 1 is 1.10 bits per heavy atom. The highest BCUT2D eigenvalue weighted by atomic mass is 16.7. The van der Waals surface area contributed by atoms with Crippen LogP contribution in [0.1, 0.15) is 32.4 Å². The van der Waals surface area contributed by atoms with Gasteiger partial charge in [0.25, 0.3) is 0 Å². The van der Waals surface area contributed by atoms with Crippen molar-refractivity contribution in [1.82, 2.24) is 0 Å². The molecule has 5 atom stereocenters.